The number of rotatable bonds is 5. The zero-order valence-corrected chi connectivity index (χ0v) is 13.4. The van der Waals surface area contributed by atoms with E-state index in [1.54, 1.807) is 6.20 Å². The molecule has 0 saturated carbocycles. The average Bonchev–Trinajstić information content (AvgIpc) is 2.47. The molecule has 1 unspecified atom stereocenters. The van der Waals surface area contributed by atoms with E-state index in [0.29, 0.717) is 17.3 Å². The second-order valence-corrected chi connectivity index (χ2v) is 5.57. The van der Waals surface area contributed by atoms with Crippen molar-refractivity contribution in [3.63, 3.8) is 0 Å². The van der Waals surface area contributed by atoms with Gasteiger partial charge < -0.3 is 5.32 Å². The first kappa shape index (κ1) is 15.9. The van der Waals surface area contributed by atoms with Crippen LogP contribution in [0.2, 0.25) is 10.0 Å². The molecule has 0 amide bonds. The van der Waals surface area contributed by atoms with Gasteiger partial charge in [-0.3, -0.25) is 4.79 Å². The first-order valence-electron chi connectivity index (χ1n) is 6.81. The van der Waals surface area contributed by atoms with Gasteiger partial charge in [-0.15, -0.1) is 0 Å². The van der Waals surface area contributed by atoms with Crippen molar-refractivity contribution in [2.24, 2.45) is 0 Å². The van der Waals surface area contributed by atoms with Crippen molar-refractivity contribution in [1.82, 2.24) is 9.78 Å². The van der Waals surface area contributed by atoms with E-state index in [-0.39, 0.29) is 16.6 Å². The minimum Gasteiger partial charge on any atom is -0.376 e. The van der Waals surface area contributed by atoms with Gasteiger partial charge in [0.05, 0.1) is 17.9 Å². The summed E-state index contributed by atoms with van der Waals surface area (Å²) in [6.07, 6.45) is 2.40. The van der Waals surface area contributed by atoms with Crippen LogP contribution in [0.25, 0.3) is 0 Å². The van der Waals surface area contributed by atoms with Gasteiger partial charge in [0.2, 0.25) is 0 Å². The summed E-state index contributed by atoms with van der Waals surface area (Å²) in [5.41, 5.74) is 1.17. The second kappa shape index (κ2) is 6.96. The maximum atomic E-state index is 12.1. The monoisotopic (exact) mass is 325 g/mol. The highest BCUT2D eigenvalue weighted by Crippen LogP contribution is 2.27. The number of nitrogens with zero attached hydrogens (tertiary/aromatic N) is 2. The van der Waals surface area contributed by atoms with E-state index in [9.17, 15) is 4.79 Å². The molecule has 112 valence electrons. The lowest BCUT2D eigenvalue weighted by molar-refractivity contribution is 0.568. The van der Waals surface area contributed by atoms with Gasteiger partial charge in [0.25, 0.3) is 5.56 Å². The maximum absolute atomic E-state index is 12.1. The maximum Gasteiger partial charge on any atom is 0.287 e. The highest BCUT2D eigenvalue weighted by atomic mass is 35.5. The smallest absolute Gasteiger partial charge is 0.287 e. The molecule has 0 radical (unpaired) electrons. The molecule has 1 aromatic carbocycles. The van der Waals surface area contributed by atoms with Gasteiger partial charge in [-0.2, -0.15) is 5.10 Å². The van der Waals surface area contributed by atoms with Crippen LogP contribution in [0.15, 0.2) is 35.3 Å². The topological polar surface area (TPSA) is 46.9 Å². The Morgan fingerprint density at radius 2 is 2.05 bits per heavy atom. The van der Waals surface area contributed by atoms with Crippen LogP contribution in [0.3, 0.4) is 0 Å². The molecule has 0 aliphatic heterocycles. The first-order chi connectivity index (χ1) is 10.0. The number of nitrogens with one attached hydrogen (secondary N) is 1. The summed E-state index contributed by atoms with van der Waals surface area (Å²) in [6.45, 7) is 4.49. The van der Waals surface area contributed by atoms with E-state index < -0.39 is 0 Å². The molecule has 0 fully saturated rings. The van der Waals surface area contributed by atoms with E-state index in [0.717, 1.165) is 12.0 Å². The highest BCUT2D eigenvalue weighted by Gasteiger charge is 2.13. The summed E-state index contributed by atoms with van der Waals surface area (Å²) in [5, 5.41) is 8.13. The predicted molar refractivity (Wildman–Crippen MR) is 87.3 cm³/mol. The lowest BCUT2D eigenvalue weighted by atomic mass is 10.1. The number of aromatic nitrogens is 2. The molecule has 0 bridgehead atoms. The number of anilines is 1. The largest absolute Gasteiger partial charge is 0.376 e. The quantitative estimate of drug-likeness (QED) is 0.898. The second-order valence-electron chi connectivity index (χ2n) is 4.79. The molecule has 2 rings (SSSR count). The van der Waals surface area contributed by atoms with Crippen molar-refractivity contribution in [1.29, 1.82) is 0 Å². The van der Waals surface area contributed by atoms with Crippen LogP contribution in [-0.4, -0.2) is 9.78 Å². The Hall–Kier alpha value is -1.52. The van der Waals surface area contributed by atoms with Gasteiger partial charge in [-0.25, -0.2) is 4.68 Å². The van der Waals surface area contributed by atoms with Crippen LogP contribution in [0.5, 0.6) is 0 Å². The molecule has 6 heteroatoms. The van der Waals surface area contributed by atoms with Crippen LogP contribution in [0.4, 0.5) is 5.69 Å². The number of hydrogen-bond donors (Lipinski definition) is 1. The van der Waals surface area contributed by atoms with Gasteiger partial charge in [0.15, 0.2) is 0 Å². The molecule has 0 aliphatic rings. The fraction of sp³-hybridized carbons (Fsp3) is 0.333. The van der Waals surface area contributed by atoms with Gasteiger partial charge in [-0.05, 0) is 25.0 Å². The lowest BCUT2D eigenvalue weighted by Gasteiger charge is -2.17. The summed E-state index contributed by atoms with van der Waals surface area (Å²) < 4.78 is 1.37. The van der Waals surface area contributed by atoms with E-state index in [1.807, 2.05) is 38.1 Å². The molecule has 0 spiro atoms. The molecular formula is C15H17Cl2N3O. The van der Waals surface area contributed by atoms with Crippen molar-refractivity contribution in [3.05, 3.63) is 56.4 Å². The van der Waals surface area contributed by atoms with E-state index in [4.69, 9.17) is 23.2 Å². The summed E-state index contributed by atoms with van der Waals surface area (Å²) >= 11 is 12.3. The van der Waals surface area contributed by atoms with Gasteiger partial charge in [0.1, 0.15) is 5.02 Å². The van der Waals surface area contributed by atoms with Crippen LogP contribution in [-0.2, 0) is 6.54 Å². The summed E-state index contributed by atoms with van der Waals surface area (Å²) in [7, 11) is 0. The van der Waals surface area contributed by atoms with Gasteiger partial charge in [-0.1, -0.05) is 48.3 Å². The fourth-order valence-electron chi connectivity index (χ4n) is 2.07. The minimum atomic E-state index is -0.283. The van der Waals surface area contributed by atoms with Crippen molar-refractivity contribution in [2.75, 3.05) is 5.32 Å². The standard InChI is InChI=1S/C15H17Cl2N3O/c1-3-8-20-15(21)14(17)13(9-18-20)19-10(2)11-6-4-5-7-12(11)16/h4-7,9-10,19H,3,8H2,1-2H3. The summed E-state index contributed by atoms with van der Waals surface area (Å²) in [4.78, 5) is 12.1. The van der Waals surface area contributed by atoms with E-state index in [2.05, 4.69) is 10.4 Å². The zero-order valence-electron chi connectivity index (χ0n) is 11.9. The molecule has 1 N–H and O–H groups in total. The van der Waals surface area contributed by atoms with Crippen molar-refractivity contribution < 1.29 is 0 Å². The lowest BCUT2D eigenvalue weighted by Crippen LogP contribution is -2.24. The van der Waals surface area contributed by atoms with Crippen LogP contribution in [0, 0.1) is 0 Å². The van der Waals surface area contributed by atoms with E-state index >= 15 is 0 Å². The normalized spacial score (nSPS) is 12.2. The molecule has 4 nitrogen and oxygen atoms in total. The molecule has 1 heterocycles. The average molecular weight is 326 g/mol. The highest BCUT2D eigenvalue weighted by molar-refractivity contribution is 6.33. The van der Waals surface area contributed by atoms with E-state index in [1.165, 1.54) is 4.68 Å². The third-order valence-electron chi connectivity index (χ3n) is 3.16. The number of benzene rings is 1. The molecule has 0 saturated heterocycles. The fourth-order valence-corrected chi connectivity index (χ4v) is 2.57. The Labute approximate surface area is 133 Å². The molecular weight excluding hydrogens is 309 g/mol. The first-order valence-corrected chi connectivity index (χ1v) is 7.56. The third kappa shape index (κ3) is 3.57. The molecule has 21 heavy (non-hydrogen) atoms. The van der Waals surface area contributed by atoms with Crippen LogP contribution < -0.4 is 10.9 Å². The summed E-state index contributed by atoms with van der Waals surface area (Å²) in [5.74, 6) is 0. The molecule has 0 aliphatic carbocycles. The number of aryl methyl sites for hydroxylation is 1. The molecule has 1 atom stereocenters. The van der Waals surface area contributed by atoms with Crippen molar-refractivity contribution >= 4 is 28.9 Å². The molecule has 1 aromatic heterocycles. The Bertz CT molecular complexity index is 685. The zero-order chi connectivity index (χ0) is 15.4. The van der Waals surface area contributed by atoms with Crippen molar-refractivity contribution in [2.45, 2.75) is 32.9 Å². The van der Waals surface area contributed by atoms with Gasteiger partial charge >= 0.3 is 0 Å². The Kier molecular flexibility index (Phi) is 5.26. The Morgan fingerprint density at radius 3 is 2.71 bits per heavy atom. The number of halogens is 2. The number of hydrogen-bond acceptors (Lipinski definition) is 3. The van der Waals surface area contributed by atoms with Crippen molar-refractivity contribution in [3.8, 4) is 0 Å². The van der Waals surface area contributed by atoms with Crippen LogP contribution >= 0.6 is 23.2 Å². The minimum absolute atomic E-state index is 0.0839. The Morgan fingerprint density at radius 1 is 1.33 bits per heavy atom. The SMILES string of the molecule is CCCn1ncc(NC(C)c2ccccc2Cl)c(Cl)c1=O. The van der Waals surface area contributed by atoms with Crippen LogP contribution in [0.1, 0.15) is 31.9 Å². The molecule has 2 aromatic rings. The van der Waals surface area contributed by atoms with Gasteiger partial charge in [0, 0.05) is 11.6 Å². The Balaban J connectivity index is 2.26. The third-order valence-corrected chi connectivity index (χ3v) is 3.87. The predicted octanol–water partition coefficient (Wildman–Crippen LogP) is 4.13. The summed E-state index contributed by atoms with van der Waals surface area (Å²) in [6, 6.07) is 7.46.